The largest absolute Gasteiger partial charge is 0.444 e. The molecule has 10 heteroatoms. The number of pyridine rings is 1. The average Bonchev–Trinajstić information content (AvgIpc) is 3.57. The van der Waals surface area contributed by atoms with Gasteiger partial charge in [-0.1, -0.05) is 24.3 Å². The molecule has 36 heavy (non-hydrogen) atoms. The van der Waals surface area contributed by atoms with E-state index in [4.69, 9.17) is 15.9 Å². The van der Waals surface area contributed by atoms with E-state index in [1.807, 2.05) is 36.2 Å². The van der Waals surface area contributed by atoms with Crippen molar-refractivity contribution in [2.75, 3.05) is 13.6 Å². The third kappa shape index (κ3) is 6.76. The third-order valence-corrected chi connectivity index (χ3v) is 5.93. The zero-order valence-corrected chi connectivity index (χ0v) is 20.4. The number of rotatable bonds is 7. The predicted octanol–water partition coefficient (Wildman–Crippen LogP) is 2.82. The fourth-order valence-electron chi connectivity index (χ4n) is 3.88. The maximum absolute atomic E-state index is 14.2. The number of aryl methyl sites for hydroxylation is 1. The second-order valence-electron chi connectivity index (χ2n) is 8.53. The number of hydrogen-bond donors (Lipinski definition) is 3. The lowest BCUT2D eigenvalue weighted by Gasteiger charge is -2.24. The van der Waals surface area contributed by atoms with E-state index in [0.29, 0.717) is 29.0 Å². The van der Waals surface area contributed by atoms with Crippen molar-refractivity contribution in [3.05, 3.63) is 83.7 Å². The minimum atomic E-state index is -0.575. The first kappa shape index (κ1) is 26.6. The number of allylic oxidation sites excluding steroid dienone is 1. The molecule has 0 saturated carbocycles. The first-order valence-corrected chi connectivity index (χ1v) is 11.6. The van der Waals surface area contributed by atoms with Crippen molar-refractivity contribution in [3.8, 4) is 11.3 Å². The fraction of sp³-hybridized carbons (Fsp3) is 0.308. The van der Waals surface area contributed by atoms with Crippen molar-refractivity contribution in [1.29, 1.82) is 0 Å². The Kier molecular flexibility index (Phi) is 9.29. The standard InChI is InChI=1S/C22H23FN4O2.C4H8N2O/c1-14-8-9-17(25-21(14)23)20(26-22(28)18-7-4-10-27(18)2)16-6-3-5-15(11-16)19-12-24-13-29-19;5-3-4(6)1-2-7/h3,5-6,8-9,11-13,18,20H,4,7,10H2,1-2H3,(H,26,28);2-3H,1,5-6H2/b;4-3-. The molecule has 1 aliphatic rings. The summed E-state index contributed by atoms with van der Waals surface area (Å²) in [6.45, 7) is 2.55. The van der Waals surface area contributed by atoms with Gasteiger partial charge in [0.2, 0.25) is 11.9 Å². The Bertz CT molecular complexity index is 1200. The van der Waals surface area contributed by atoms with Gasteiger partial charge in [0, 0.05) is 29.4 Å². The molecule has 0 bridgehead atoms. The van der Waals surface area contributed by atoms with Crippen LogP contribution in [0.1, 0.15) is 42.1 Å². The van der Waals surface area contributed by atoms with Gasteiger partial charge in [-0.05, 0) is 51.1 Å². The van der Waals surface area contributed by atoms with Crippen LogP contribution in [-0.2, 0) is 9.59 Å². The first-order valence-electron chi connectivity index (χ1n) is 11.6. The summed E-state index contributed by atoms with van der Waals surface area (Å²) in [4.78, 5) is 32.7. The number of carbonyl (C=O) groups excluding carboxylic acids is 2. The number of aromatic nitrogens is 2. The van der Waals surface area contributed by atoms with Crippen molar-refractivity contribution in [2.45, 2.75) is 38.3 Å². The molecule has 2 unspecified atom stereocenters. The summed E-state index contributed by atoms with van der Waals surface area (Å²) < 4.78 is 19.6. The maximum Gasteiger partial charge on any atom is 0.238 e. The van der Waals surface area contributed by atoms with Crippen molar-refractivity contribution >= 4 is 12.2 Å². The molecule has 0 aliphatic carbocycles. The Morgan fingerprint density at radius 3 is 2.75 bits per heavy atom. The second-order valence-corrected chi connectivity index (χ2v) is 8.53. The van der Waals surface area contributed by atoms with Crippen LogP contribution in [0.3, 0.4) is 0 Å². The fourth-order valence-corrected chi connectivity index (χ4v) is 3.88. The number of likely N-dealkylation sites (N-methyl/N-ethyl adjacent to an activating group) is 1. The summed E-state index contributed by atoms with van der Waals surface area (Å²) in [5.74, 6) is 0.00414. The van der Waals surface area contributed by atoms with Crippen LogP contribution in [0.2, 0.25) is 0 Å². The van der Waals surface area contributed by atoms with E-state index >= 15 is 0 Å². The third-order valence-electron chi connectivity index (χ3n) is 5.93. The van der Waals surface area contributed by atoms with E-state index in [0.717, 1.165) is 30.5 Å². The molecule has 0 radical (unpaired) electrons. The molecule has 1 amide bonds. The van der Waals surface area contributed by atoms with Crippen LogP contribution in [0.5, 0.6) is 0 Å². The Hall–Kier alpha value is -4.05. The van der Waals surface area contributed by atoms with Gasteiger partial charge < -0.3 is 26.0 Å². The number of halogens is 1. The molecule has 3 aromatic rings. The maximum atomic E-state index is 14.2. The molecule has 1 fully saturated rings. The molecule has 190 valence electrons. The van der Waals surface area contributed by atoms with E-state index in [1.54, 1.807) is 25.3 Å². The molecule has 3 heterocycles. The lowest BCUT2D eigenvalue weighted by Crippen LogP contribution is -2.43. The normalized spacial score (nSPS) is 16.6. The monoisotopic (exact) mass is 494 g/mol. The van der Waals surface area contributed by atoms with Gasteiger partial charge in [-0.25, -0.2) is 9.97 Å². The van der Waals surface area contributed by atoms with Crippen LogP contribution < -0.4 is 16.8 Å². The van der Waals surface area contributed by atoms with Gasteiger partial charge in [-0.2, -0.15) is 4.39 Å². The molecule has 1 aliphatic heterocycles. The zero-order chi connectivity index (χ0) is 26.1. The number of benzene rings is 1. The quantitative estimate of drug-likeness (QED) is 0.336. The molecule has 1 aromatic carbocycles. The molecule has 9 nitrogen and oxygen atoms in total. The van der Waals surface area contributed by atoms with Crippen LogP contribution in [0.15, 0.2) is 65.3 Å². The molecule has 2 aromatic heterocycles. The van der Waals surface area contributed by atoms with Crippen molar-refractivity contribution < 1.29 is 18.4 Å². The first-order chi connectivity index (χ1) is 17.3. The van der Waals surface area contributed by atoms with Gasteiger partial charge in [0.25, 0.3) is 0 Å². The molecular formula is C26H31FN6O3. The lowest BCUT2D eigenvalue weighted by molar-refractivity contribution is -0.125. The van der Waals surface area contributed by atoms with Gasteiger partial charge in [0.05, 0.1) is 24.0 Å². The van der Waals surface area contributed by atoms with Crippen LogP contribution in [0.25, 0.3) is 11.3 Å². The molecule has 4 rings (SSSR count). The summed E-state index contributed by atoms with van der Waals surface area (Å²) in [6.07, 6.45) is 6.95. The Morgan fingerprint density at radius 2 is 2.17 bits per heavy atom. The predicted molar refractivity (Wildman–Crippen MR) is 134 cm³/mol. The highest BCUT2D eigenvalue weighted by molar-refractivity contribution is 5.83. The highest BCUT2D eigenvalue weighted by atomic mass is 19.1. The Morgan fingerprint density at radius 1 is 1.36 bits per heavy atom. The molecule has 2 atom stereocenters. The number of oxazole rings is 1. The van der Waals surface area contributed by atoms with Crippen LogP contribution in [-0.4, -0.2) is 46.7 Å². The minimum Gasteiger partial charge on any atom is -0.444 e. The van der Waals surface area contributed by atoms with Gasteiger partial charge in [-0.3, -0.25) is 9.69 Å². The lowest BCUT2D eigenvalue weighted by atomic mass is 9.99. The van der Waals surface area contributed by atoms with Gasteiger partial charge >= 0.3 is 0 Å². The molecular weight excluding hydrogens is 463 g/mol. The summed E-state index contributed by atoms with van der Waals surface area (Å²) >= 11 is 0. The number of nitrogens with zero attached hydrogens (tertiary/aromatic N) is 3. The molecule has 0 spiro atoms. The van der Waals surface area contributed by atoms with E-state index in [2.05, 4.69) is 15.3 Å². The SMILES string of the molecule is Cc1ccc(C(NC(=O)C2CCCN2C)c2cccc(-c3cnco3)c2)nc1F.N/C=C(\N)CC=O. The number of likely N-dealkylation sites (tertiary alicyclic amines) is 1. The minimum absolute atomic E-state index is 0.0807. The highest BCUT2D eigenvalue weighted by Crippen LogP contribution is 2.27. The summed E-state index contributed by atoms with van der Waals surface area (Å²) in [7, 11) is 1.95. The van der Waals surface area contributed by atoms with Crippen molar-refractivity contribution in [3.63, 3.8) is 0 Å². The van der Waals surface area contributed by atoms with Crippen molar-refractivity contribution in [1.82, 2.24) is 20.2 Å². The van der Waals surface area contributed by atoms with Crippen LogP contribution in [0.4, 0.5) is 4.39 Å². The zero-order valence-electron chi connectivity index (χ0n) is 20.4. The van der Waals surface area contributed by atoms with E-state index in [1.165, 1.54) is 12.6 Å². The Labute approximate surface area is 209 Å². The number of nitrogens with two attached hydrogens (primary N) is 2. The summed E-state index contributed by atoms with van der Waals surface area (Å²) in [6, 6.07) is 10.2. The van der Waals surface area contributed by atoms with E-state index < -0.39 is 12.0 Å². The summed E-state index contributed by atoms with van der Waals surface area (Å²) in [5, 5.41) is 3.09. The molecule has 5 N–H and O–H groups in total. The summed E-state index contributed by atoms with van der Waals surface area (Å²) in [5.41, 5.74) is 12.9. The molecule has 1 saturated heterocycles. The van der Waals surface area contributed by atoms with Crippen molar-refractivity contribution in [2.24, 2.45) is 11.5 Å². The Balaban J connectivity index is 0.000000454. The highest BCUT2D eigenvalue weighted by Gasteiger charge is 2.30. The van der Waals surface area contributed by atoms with Gasteiger partial charge in [0.1, 0.15) is 6.29 Å². The van der Waals surface area contributed by atoms with E-state index in [-0.39, 0.29) is 18.4 Å². The number of hydrogen-bond acceptors (Lipinski definition) is 8. The van der Waals surface area contributed by atoms with E-state index in [9.17, 15) is 14.0 Å². The van der Waals surface area contributed by atoms with Gasteiger partial charge in [0.15, 0.2) is 12.2 Å². The number of aldehydes is 1. The number of nitrogens with one attached hydrogen (secondary N) is 1. The van der Waals surface area contributed by atoms with Crippen LogP contribution >= 0.6 is 0 Å². The van der Waals surface area contributed by atoms with Gasteiger partial charge in [-0.15, -0.1) is 0 Å². The second kappa shape index (κ2) is 12.6. The number of amides is 1. The topological polar surface area (TPSA) is 140 Å². The smallest absolute Gasteiger partial charge is 0.238 e. The number of carbonyl (C=O) groups is 2. The average molecular weight is 495 g/mol. The van der Waals surface area contributed by atoms with Crippen LogP contribution in [0, 0.1) is 12.9 Å².